The molecular weight excluding hydrogens is 290 g/mol. The third kappa shape index (κ3) is 4.44. The quantitative estimate of drug-likeness (QED) is 0.785. The Balaban J connectivity index is 1.80. The highest BCUT2D eigenvalue weighted by Crippen LogP contribution is 2.18. The normalized spacial score (nSPS) is 12.6. The molecule has 0 spiro atoms. The molecule has 0 fully saturated rings. The van der Waals surface area contributed by atoms with Gasteiger partial charge in [0.1, 0.15) is 12.4 Å². The number of rotatable bonds is 7. The second kappa shape index (κ2) is 7.43. The van der Waals surface area contributed by atoms with Crippen molar-refractivity contribution in [2.45, 2.75) is 26.3 Å². The summed E-state index contributed by atoms with van der Waals surface area (Å²) in [5.41, 5.74) is 0. The van der Waals surface area contributed by atoms with Gasteiger partial charge in [0.2, 0.25) is 11.8 Å². The molecule has 6 heteroatoms. The van der Waals surface area contributed by atoms with Crippen LogP contribution in [0, 0.1) is 0 Å². The molecule has 0 unspecified atom stereocenters. The van der Waals surface area contributed by atoms with Crippen molar-refractivity contribution in [3.8, 4) is 5.75 Å². The average molecular weight is 310 g/mol. The highest BCUT2D eigenvalue weighted by atomic mass is 35.5. The number of ether oxygens (including phenoxy) is 1. The number of likely N-dealkylation sites (N-methyl/N-ethyl adjacent to an activating group) is 1. The minimum absolute atomic E-state index is 0.0617. The fourth-order valence-electron chi connectivity index (χ4n) is 1.80. The van der Waals surface area contributed by atoms with E-state index in [9.17, 15) is 0 Å². The van der Waals surface area contributed by atoms with Gasteiger partial charge in [0, 0.05) is 18.0 Å². The molecule has 0 aliphatic heterocycles. The number of hydrogen-bond donors (Lipinski definition) is 0. The molecule has 0 bridgehead atoms. The zero-order valence-corrected chi connectivity index (χ0v) is 13.3. The molecule has 1 atom stereocenters. The van der Waals surface area contributed by atoms with E-state index < -0.39 is 0 Å². The predicted molar refractivity (Wildman–Crippen MR) is 81.7 cm³/mol. The summed E-state index contributed by atoms with van der Waals surface area (Å²) in [6.45, 7) is 5.37. The van der Waals surface area contributed by atoms with Crippen LogP contribution >= 0.6 is 11.6 Å². The van der Waals surface area contributed by atoms with E-state index in [4.69, 9.17) is 20.8 Å². The lowest BCUT2D eigenvalue weighted by Gasteiger charge is -2.21. The van der Waals surface area contributed by atoms with Crippen LogP contribution < -0.4 is 4.74 Å². The molecule has 0 N–H and O–H groups in total. The van der Waals surface area contributed by atoms with Gasteiger partial charge in [-0.05, 0) is 38.2 Å². The largest absolute Gasteiger partial charge is 0.492 e. The van der Waals surface area contributed by atoms with Gasteiger partial charge in [-0.2, -0.15) is 0 Å². The lowest BCUT2D eigenvalue weighted by molar-refractivity contribution is 0.180. The molecule has 1 aromatic carbocycles. The zero-order valence-electron chi connectivity index (χ0n) is 12.5. The Morgan fingerprint density at radius 1 is 1.29 bits per heavy atom. The van der Waals surface area contributed by atoms with E-state index in [0.717, 1.165) is 18.7 Å². The van der Waals surface area contributed by atoms with Crippen LogP contribution in [0.3, 0.4) is 0 Å². The first kappa shape index (κ1) is 15.8. The average Bonchev–Trinajstić information content (AvgIpc) is 2.97. The Labute approximate surface area is 129 Å². The maximum atomic E-state index is 5.83. The highest BCUT2D eigenvalue weighted by molar-refractivity contribution is 6.30. The van der Waals surface area contributed by atoms with E-state index >= 15 is 0 Å². The molecule has 0 amide bonds. The van der Waals surface area contributed by atoms with E-state index in [2.05, 4.69) is 15.1 Å². The lowest BCUT2D eigenvalue weighted by atomic mass is 10.3. The molecule has 0 radical (unpaired) electrons. The Morgan fingerprint density at radius 2 is 2.00 bits per heavy atom. The van der Waals surface area contributed by atoms with E-state index in [0.29, 0.717) is 23.4 Å². The molecule has 0 aliphatic carbocycles. The third-order valence-electron chi connectivity index (χ3n) is 3.33. The van der Waals surface area contributed by atoms with Crippen molar-refractivity contribution in [1.29, 1.82) is 0 Å². The van der Waals surface area contributed by atoms with Gasteiger partial charge in [0.05, 0.1) is 6.04 Å². The van der Waals surface area contributed by atoms with Gasteiger partial charge in [0.15, 0.2) is 0 Å². The molecule has 5 nitrogen and oxygen atoms in total. The second-order valence-corrected chi connectivity index (χ2v) is 5.28. The van der Waals surface area contributed by atoms with Crippen LogP contribution in [0.4, 0.5) is 0 Å². The predicted octanol–water partition coefficient (Wildman–Crippen LogP) is 3.36. The first-order chi connectivity index (χ1) is 10.1. The summed E-state index contributed by atoms with van der Waals surface area (Å²) in [7, 11) is 2.01. The molecule has 1 heterocycles. The third-order valence-corrected chi connectivity index (χ3v) is 3.58. The first-order valence-electron chi connectivity index (χ1n) is 7.01. The smallest absolute Gasteiger partial charge is 0.233 e. The van der Waals surface area contributed by atoms with Gasteiger partial charge < -0.3 is 9.15 Å². The summed E-state index contributed by atoms with van der Waals surface area (Å²) in [6, 6.07) is 7.41. The summed E-state index contributed by atoms with van der Waals surface area (Å²) < 4.78 is 11.3. The molecule has 2 aromatic rings. The minimum atomic E-state index is 0.0617. The Kier molecular flexibility index (Phi) is 5.59. The van der Waals surface area contributed by atoms with Gasteiger partial charge >= 0.3 is 0 Å². The maximum absolute atomic E-state index is 5.83. The molecule has 0 saturated carbocycles. The number of hydrogen-bond acceptors (Lipinski definition) is 5. The fourth-order valence-corrected chi connectivity index (χ4v) is 1.92. The number of aryl methyl sites for hydroxylation is 1. The van der Waals surface area contributed by atoms with E-state index in [1.165, 1.54) is 0 Å². The van der Waals surface area contributed by atoms with Crippen molar-refractivity contribution in [3.05, 3.63) is 41.1 Å². The molecule has 114 valence electrons. The summed E-state index contributed by atoms with van der Waals surface area (Å²) in [4.78, 5) is 2.11. The summed E-state index contributed by atoms with van der Waals surface area (Å²) in [5, 5.41) is 8.76. The van der Waals surface area contributed by atoms with Gasteiger partial charge in [0.25, 0.3) is 0 Å². The van der Waals surface area contributed by atoms with Gasteiger partial charge in [-0.15, -0.1) is 10.2 Å². The number of halogens is 1. The van der Waals surface area contributed by atoms with Crippen LogP contribution in [0.15, 0.2) is 28.7 Å². The monoisotopic (exact) mass is 309 g/mol. The summed E-state index contributed by atoms with van der Waals surface area (Å²) in [6.07, 6.45) is 0.753. The highest BCUT2D eigenvalue weighted by Gasteiger charge is 2.17. The second-order valence-electron chi connectivity index (χ2n) is 4.85. The Morgan fingerprint density at radius 3 is 2.62 bits per heavy atom. The van der Waals surface area contributed by atoms with Crippen molar-refractivity contribution >= 4 is 11.6 Å². The topological polar surface area (TPSA) is 51.4 Å². The standard InChI is InChI=1S/C15H20ClN3O2/c1-4-14-17-18-15(21-14)11(2)19(3)9-10-20-13-7-5-12(16)6-8-13/h5-8,11H,4,9-10H2,1-3H3/t11-/m0/s1. The van der Waals surface area contributed by atoms with Crippen molar-refractivity contribution in [2.24, 2.45) is 0 Å². The molecule has 1 aromatic heterocycles. The van der Waals surface area contributed by atoms with Crippen LogP contribution in [0.2, 0.25) is 5.02 Å². The molecule has 2 rings (SSSR count). The van der Waals surface area contributed by atoms with Crippen LogP contribution in [-0.4, -0.2) is 35.3 Å². The van der Waals surface area contributed by atoms with Crippen molar-refractivity contribution in [3.63, 3.8) is 0 Å². The van der Waals surface area contributed by atoms with Crippen LogP contribution in [0.25, 0.3) is 0 Å². The van der Waals surface area contributed by atoms with Crippen LogP contribution in [0.5, 0.6) is 5.75 Å². The first-order valence-corrected chi connectivity index (χ1v) is 7.38. The van der Waals surface area contributed by atoms with E-state index in [-0.39, 0.29) is 6.04 Å². The molecule has 21 heavy (non-hydrogen) atoms. The Bertz CT molecular complexity index is 556. The molecule has 0 aliphatic rings. The van der Waals surface area contributed by atoms with Crippen molar-refractivity contribution in [1.82, 2.24) is 15.1 Å². The van der Waals surface area contributed by atoms with Crippen LogP contribution in [0.1, 0.15) is 31.7 Å². The van der Waals surface area contributed by atoms with E-state index in [1.807, 2.05) is 45.2 Å². The fraction of sp³-hybridized carbons (Fsp3) is 0.467. The number of nitrogens with zero attached hydrogens (tertiary/aromatic N) is 3. The van der Waals surface area contributed by atoms with Gasteiger partial charge in [-0.25, -0.2) is 0 Å². The molecular formula is C15H20ClN3O2. The maximum Gasteiger partial charge on any atom is 0.233 e. The SMILES string of the molecule is CCc1nnc([C@H](C)N(C)CCOc2ccc(Cl)cc2)o1. The molecule has 0 saturated heterocycles. The number of benzene rings is 1. The minimum Gasteiger partial charge on any atom is -0.492 e. The van der Waals surface area contributed by atoms with Crippen LogP contribution in [-0.2, 0) is 6.42 Å². The van der Waals surface area contributed by atoms with Gasteiger partial charge in [-0.1, -0.05) is 18.5 Å². The number of aromatic nitrogens is 2. The lowest BCUT2D eigenvalue weighted by Crippen LogP contribution is -2.27. The zero-order chi connectivity index (χ0) is 15.2. The van der Waals surface area contributed by atoms with Crippen molar-refractivity contribution < 1.29 is 9.15 Å². The summed E-state index contributed by atoms with van der Waals surface area (Å²) in [5.74, 6) is 2.12. The van der Waals surface area contributed by atoms with Crippen molar-refractivity contribution in [2.75, 3.05) is 20.2 Å². The van der Waals surface area contributed by atoms with Gasteiger partial charge in [-0.3, -0.25) is 4.90 Å². The Hall–Kier alpha value is -1.59. The summed E-state index contributed by atoms with van der Waals surface area (Å²) >= 11 is 5.83. The van der Waals surface area contributed by atoms with E-state index in [1.54, 1.807) is 0 Å².